The van der Waals surface area contributed by atoms with Gasteiger partial charge in [0.2, 0.25) is 0 Å². The van der Waals surface area contributed by atoms with Gasteiger partial charge >= 0.3 is 5.97 Å². The summed E-state index contributed by atoms with van der Waals surface area (Å²) in [5.41, 5.74) is 0.311. The van der Waals surface area contributed by atoms with Gasteiger partial charge in [-0.15, -0.1) is 0 Å². The number of carbonyl (C=O) groups is 2. The third kappa shape index (κ3) is 2.76. The molecule has 0 aliphatic heterocycles. The van der Waals surface area contributed by atoms with Crippen LogP contribution in [0.25, 0.3) is 0 Å². The molecule has 152 valence electrons. The van der Waals surface area contributed by atoms with Crippen molar-refractivity contribution in [3.63, 3.8) is 0 Å². The van der Waals surface area contributed by atoms with E-state index in [4.69, 9.17) is 4.74 Å². The average Bonchev–Trinajstić information content (AvgIpc) is 2.94. The Kier molecular flexibility index (Phi) is 5.15. The largest absolute Gasteiger partial charge is 0.462 e. The molecule has 4 saturated carbocycles. The van der Waals surface area contributed by atoms with Crippen LogP contribution in [-0.2, 0) is 14.3 Å². The van der Waals surface area contributed by atoms with Gasteiger partial charge in [0, 0.05) is 12.3 Å². The van der Waals surface area contributed by atoms with Crippen LogP contribution < -0.4 is 0 Å². The normalized spacial score (nSPS) is 54.7. The van der Waals surface area contributed by atoms with E-state index in [1.165, 1.54) is 19.3 Å². The summed E-state index contributed by atoms with van der Waals surface area (Å²) in [4.78, 5) is 24.3. The Morgan fingerprint density at radius 2 is 1.67 bits per heavy atom. The number of alkyl halides is 2. The number of carbonyl (C=O) groups excluding carboxylic acids is 2. The second-order valence-electron chi connectivity index (χ2n) is 10.1. The van der Waals surface area contributed by atoms with E-state index in [9.17, 15) is 9.59 Å². The van der Waals surface area contributed by atoms with Gasteiger partial charge in [-0.25, -0.2) is 0 Å². The maximum absolute atomic E-state index is 12.7. The second kappa shape index (κ2) is 6.82. The monoisotopic (exact) mass is 502 g/mol. The molecule has 4 rings (SSSR count). The van der Waals surface area contributed by atoms with E-state index in [-0.39, 0.29) is 32.6 Å². The van der Waals surface area contributed by atoms with Gasteiger partial charge in [-0.2, -0.15) is 0 Å². The van der Waals surface area contributed by atoms with E-state index in [0.29, 0.717) is 35.4 Å². The summed E-state index contributed by atoms with van der Waals surface area (Å²) in [6.45, 7) is 8.67. The van der Waals surface area contributed by atoms with Crippen molar-refractivity contribution in [2.24, 2.45) is 40.4 Å². The summed E-state index contributed by atoms with van der Waals surface area (Å²) in [5, 5.41) is 0. The quantitative estimate of drug-likeness (QED) is 0.349. The van der Waals surface area contributed by atoms with Crippen LogP contribution in [0.15, 0.2) is 0 Å². The molecule has 0 heterocycles. The highest BCUT2D eigenvalue weighted by Gasteiger charge is 2.65. The number of ether oxygens (including phenoxy) is 1. The summed E-state index contributed by atoms with van der Waals surface area (Å²) in [5.74, 6) is 2.99. The van der Waals surface area contributed by atoms with Crippen molar-refractivity contribution in [3.8, 4) is 0 Å². The molecular formula is C22H32Br2O3. The highest BCUT2D eigenvalue weighted by atomic mass is 79.9. The minimum Gasteiger partial charge on any atom is -0.462 e. The smallest absolute Gasteiger partial charge is 0.302 e. The maximum Gasteiger partial charge on any atom is 0.302 e. The predicted molar refractivity (Wildman–Crippen MR) is 113 cm³/mol. The van der Waals surface area contributed by atoms with Gasteiger partial charge < -0.3 is 4.74 Å². The number of hydrogen-bond donors (Lipinski definition) is 0. The molecule has 0 saturated heterocycles. The summed E-state index contributed by atoms with van der Waals surface area (Å²) in [6, 6.07) is 0. The Balaban J connectivity index is 1.65. The van der Waals surface area contributed by atoms with Gasteiger partial charge in [0.25, 0.3) is 0 Å². The number of fused-ring (bicyclic) bond motifs is 5. The molecule has 0 spiro atoms. The number of Topliss-reactive ketones (excluding diaryl/α,β-unsaturated/α-hetero) is 1. The third-order valence-electron chi connectivity index (χ3n) is 9.38. The molecule has 0 aromatic heterocycles. The van der Waals surface area contributed by atoms with Gasteiger partial charge in [-0.3, -0.25) is 9.59 Å². The Hall–Kier alpha value is 0.1000. The van der Waals surface area contributed by atoms with Crippen molar-refractivity contribution in [3.05, 3.63) is 0 Å². The van der Waals surface area contributed by atoms with Crippen molar-refractivity contribution in [1.29, 1.82) is 0 Å². The lowest BCUT2D eigenvalue weighted by Crippen LogP contribution is -2.62. The van der Waals surface area contributed by atoms with Crippen molar-refractivity contribution in [2.75, 3.05) is 0 Å². The summed E-state index contributed by atoms with van der Waals surface area (Å²) in [6.07, 6.45) is 6.96. The molecule has 5 heteroatoms. The van der Waals surface area contributed by atoms with E-state index in [1.807, 2.05) is 0 Å². The Morgan fingerprint density at radius 3 is 2.33 bits per heavy atom. The van der Waals surface area contributed by atoms with Crippen molar-refractivity contribution >= 4 is 43.6 Å². The van der Waals surface area contributed by atoms with Crippen molar-refractivity contribution in [1.82, 2.24) is 0 Å². The number of rotatable bonds is 1. The van der Waals surface area contributed by atoms with E-state index >= 15 is 0 Å². The number of esters is 1. The zero-order valence-electron chi connectivity index (χ0n) is 16.8. The standard InChI is InChI=1S/C22H32Br2O3/c1-11-18(23)20(26)19(24)16-6-5-13-14-7-8-17(27-12(2)25)21(14,3)10-9-15(13)22(11,16)4/h11,13-19H,5-10H2,1-4H3/t11-,13-,14-,15-,16-,17-,18+,19+,21-,22+/m0/s1. The highest BCUT2D eigenvalue weighted by molar-refractivity contribution is 9.10. The maximum atomic E-state index is 12.7. The first-order valence-corrected chi connectivity index (χ1v) is 12.4. The molecule has 0 bridgehead atoms. The van der Waals surface area contributed by atoms with Crippen LogP contribution in [0.5, 0.6) is 0 Å². The molecule has 0 unspecified atom stereocenters. The molecule has 0 aromatic carbocycles. The number of ketones is 1. The Morgan fingerprint density at radius 1 is 1.00 bits per heavy atom. The minimum absolute atomic E-state index is 0.0188. The molecule has 0 radical (unpaired) electrons. The van der Waals surface area contributed by atoms with Crippen LogP contribution >= 0.6 is 31.9 Å². The van der Waals surface area contributed by atoms with Crippen LogP contribution in [0, 0.1) is 40.4 Å². The predicted octanol–water partition coefficient (Wildman–Crippen LogP) is 5.52. The van der Waals surface area contributed by atoms with Crippen molar-refractivity contribution in [2.45, 2.75) is 82.0 Å². The molecule has 27 heavy (non-hydrogen) atoms. The number of hydrogen-bond acceptors (Lipinski definition) is 3. The van der Waals surface area contributed by atoms with Crippen LogP contribution in [0.2, 0.25) is 0 Å². The highest BCUT2D eigenvalue weighted by Crippen LogP contribution is 2.68. The Labute approximate surface area is 180 Å². The zero-order chi connectivity index (χ0) is 19.7. The van der Waals surface area contributed by atoms with Crippen LogP contribution in [-0.4, -0.2) is 27.5 Å². The zero-order valence-corrected chi connectivity index (χ0v) is 20.0. The lowest BCUT2D eigenvalue weighted by molar-refractivity contribution is -0.165. The summed E-state index contributed by atoms with van der Waals surface area (Å²) < 4.78 is 5.77. The fourth-order valence-electron chi connectivity index (χ4n) is 7.82. The fraction of sp³-hybridized carbons (Fsp3) is 0.909. The SMILES string of the molecule is CC(=O)O[C@H]1CC[C@H]2[C@@H]3CC[C@H]4[C@@H](Br)C(=O)[C@H](Br)[C@H](C)[C@]4(C)[C@H]3CC[C@]12C. The van der Waals surface area contributed by atoms with Gasteiger partial charge in [-0.1, -0.05) is 52.6 Å². The first-order valence-electron chi connectivity index (χ1n) is 10.6. The van der Waals surface area contributed by atoms with Gasteiger partial charge in [0.05, 0.1) is 9.65 Å². The van der Waals surface area contributed by atoms with Gasteiger partial charge in [-0.05, 0) is 73.5 Å². The first-order chi connectivity index (χ1) is 12.6. The van der Waals surface area contributed by atoms with Gasteiger partial charge in [0.15, 0.2) is 5.78 Å². The molecule has 10 atom stereocenters. The molecular weight excluding hydrogens is 472 g/mol. The van der Waals surface area contributed by atoms with Gasteiger partial charge in [0.1, 0.15) is 6.10 Å². The van der Waals surface area contributed by atoms with Crippen LogP contribution in [0.4, 0.5) is 0 Å². The van der Waals surface area contributed by atoms with Crippen LogP contribution in [0.1, 0.15) is 66.2 Å². The topological polar surface area (TPSA) is 43.4 Å². The summed E-state index contributed by atoms with van der Waals surface area (Å²) in [7, 11) is 0. The first kappa shape index (κ1) is 20.4. The molecule has 0 amide bonds. The van der Waals surface area contributed by atoms with E-state index in [1.54, 1.807) is 6.92 Å². The fourth-order valence-corrected chi connectivity index (χ4v) is 10.1. The molecule has 0 N–H and O–H groups in total. The summed E-state index contributed by atoms with van der Waals surface area (Å²) >= 11 is 7.52. The third-order valence-corrected chi connectivity index (χ3v) is 11.7. The Bertz CT molecular complexity index is 651. The molecule has 3 nitrogen and oxygen atoms in total. The van der Waals surface area contributed by atoms with Crippen molar-refractivity contribution < 1.29 is 14.3 Å². The van der Waals surface area contributed by atoms with E-state index in [2.05, 4.69) is 52.6 Å². The second-order valence-corrected chi connectivity index (χ2v) is 12.1. The lowest BCUT2D eigenvalue weighted by Gasteiger charge is -2.63. The van der Waals surface area contributed by atoms with Crippen LogP contribution in [0.3, 0.4) is 0 Å². The van der Waals surface area contributed by atoms with E-state index in [0.717, 1.165) is 19.3 Å². The molecule has 4 fully saturated rings. The number of halogens is 2. The average molecular weight is 504 g/mol. The molecule has 0 aromatic rings. The molecule has 4 aliphatic rings. The minimum atomic E-state index is -0.136. The van der Waals surface area contributed by atoms with E-state index < -0.39 is 0 Å². The molecule has 4 aliphatic carbocycles. The lowest BCUT2D eigenvalue weighted by atomic mass is 9.43.